The molecule has 1 N–H and O–H groups in total. The molecular formula is C18H15BrN4O3S. The first-order valence-corrected chi connectivity index (χ1v) is 9.45. The first kappa shape index (κ1) is 19.1. The molecule has 2 aromatic rings. The number of rotatable bonds is 4. The highest BCUT2D eigenvalue weighted by molar-refractivity contribution is 9.10. The summed E-state index contributed by atoms with van der Waals surface area (Å²) in [5.41, 5.74) is 2.46. The smallest absolute Gasteiger partial charge is 0.270 e. The number of amidine groups is 1. The molecule has 2 aromatic carbocycles. The van der Waals surface area contributed by atoms with E-state index in [1.165, 1.54) is 30.0 Å². The highest BCUT2D eigenvalue weighted by Gasteiger charge is 2.24. The van der Waals surface area contributed by atoms with Gasteiger partial charge in [0.25, 0.3) is 11.6 Å². The lowest BCUT2D eigenvalue weighted by molar-refractivity contribution is -0.384. The Kier molecular flexibility index (Phi) is 5.62. The molecule has 0 unspecified atom stereocenters. The van der Waals surface area contributed by atoms with Crippen LogP contribution in [-0.4, -0.2) is 30.1 Å². The zero-order chi connectivity index (χ0) is 19.6. The number of nitrogens with zero attached hydrogens (tertiary/aromatic N) is 3. The quantitative estimate of drug-likeness (QED) is 0.429. The standard InChI is InChI=1S/C18H15BrN4O3S/c1-22(2)12-5-3-11(4-6-12)9-16-17(24)21-18(27-16)20-15-8-7-13(23(25)26)10-14(15)19/h3-10H,1-2H3,(H,20,21,24)/b16-9+. The van der Waals surface area contributed by atoms with Crippen LogP contribution < -0.4 is 10.2 Å². The number of nitro benzene ring substituents is 1. The average Bonchev–Trinajstić information content (AvgIpc) is 2.96. The number of nitrogens with one attached hydrogen (secondary N) is 1. The molecule has 0 radical (unpaired) electrons. The highest BCUT2D eigenvalue weighted by atomic mass is 79.9. The molecule has 0 aliphatic carbocycles. The normalized spacial score (nSPS) is 16.6. The van der Waals surface area contributed by atoms with Crippen molar-refractivity contribution in [3.8, 4) is 0 Å². The van der Waals surface area contributed by atoms with Gasteiger partial charge in [-0.25, -0.2) is 4.99 Å². The van der Waals surface area contributed by atoms with Crippen molar-refractivity contribution < 1.29 is 9.72 Å². The molecule has 138 valence electrons. The van der Waals surface area contributed by atoms with E-state index < -0.39 is 4.92 Å². The van der Waals surface area contributed by atoms with E-state index in [1.807, 2.05) is 43.3 Å². The molecule has 1 heterocycles. The van der Waals surface area contributed by atoms with Gasteiger partial charge < -0.3 is 10.2 Å². The summed E-state index contributed by atoms with van der Waals surface area (Å²) in [6.07, 6.45) is 1.80. The molecule has 0 bridgehead atoms. The minimum atomic E-state index is -0.476. The molecule has 0 atom stereocenters. The summed E-state index contributed by atoms with van der Waals surface area (Å²) in [5, 5.41) is 13.9. The number of amides is 1. The number of aliphatic imine (C=N–C) groups is 1. The van der Waals surface area contributed by atoms with Gasteiger partial charge in [-0.15, -0.1) is 0 Å². The molecule has 9 heteroatoms. The van der Waals surface area contributed by atoms with Gasteiger partial charge in [0, 0.05) is 31.9 Å². The molecule has 27 heavy (non-hydrogen) atoms. The largest absolute Gasteiger partial charge is 0.378 e. The number of thioether (sulfide) groups is 1. The van der Waals surface area contributed by atoms with Crippen molar-refractivity contribution in [3.05, 3.63) is 67.5 Å². The zero-order valence-corrected chi connectivity index (χ0v) is 16.9. The van der Waals surface area contributed by atoms with E-state index in [1.54, 1.807) is 6.08 Å². The number of nitro groups is 1. The Hall–Kier alpha value is -2.65. The Bertz CT molecular complexity index is 971. The second kappa shape index (κ2) is 7.93. The van der Waals surface area contributed by atoms with Crippen LogP contribution in [0.5, 0.6) is 0 Å². The number of non-ortho nitro benzene ring substituents is 1. The van der Waals surface area contributed by atoms with Gasteiger partial charge >= 0.3 is 0 Å². The Morgan fingerprint density at radius 2 is 1.93 bits per heavy atom. The van der Waals surface area contributed by atoms with Crippen molar-refractivity contribution in [1.82, 2.24) is 5.32 Å². The van der Waals surface area contributed by atoms with Gasteiger partial charge in [-0.2, -0.15) is 0 Å². The molecule has 1 amide bonds. The summed E-state index contributed by atoms with van der Waals surface area (Å²) in [6, 6.07) is 12.1. The monoisotopic (exact) mass is 446 g/mol. The van der Waals surface area contributed by atoms with Crippen LogP contribution in [0.25, 0.3) is 6.08 Å². The average molecular weight is 447 g/mol. The number of carbonyl (C=O) groups excluding carboxylic acids is 1. The van der Waals surface area contributed by atoms with Crippen molar-refractivity contribution >= 4 is 61.9 Å². The second-order valence-electron chi connectivity index (χ2n) is 5.86. The van der Waals surface area contributed by atoms with E-state index in [4.69, 9.17) is 0 Å². The van der Waals surface area contributed by atoms with Gasteiger partial charge in [0.2, 0.25) is 0 Å². The molecule has 1 fully saturated rings. The Labute approximate surface area is 168 Å². The fourth-order valence-electron chi connectivity index (χ4n) is 2.31. The van der Waals surface area contributed by atoms with Crippen LogP contribution in [0, 0.1) is 10.1 Å². The topological polar surface area (TPSA) is 87.8 Å². The molecule has 1 aliphatic rings. The van der Waals surface area contributed by atoms with Crippen LogP contribution in [-0.2, 0) is 4.79 Å². The van der Waals surface area contributed by atoms with Crippen molar-refractivity contribution in [2.24, 2.45) is 4.99 Å². The third kappa shape index (κ3) is 4.55. The first-order valence-electron chi connectivity index (χ1n) is 7.84. The van der Waals surface area contributed by atoms with E-state index in [-0.39, 0.29) is 11.6 Å². The van der Waals surface area contributed by atoms with Gasteiger partial charge in [0.05, 0.1) is 20.0 Å². The van der Waals surface area contributed by atoms with E-state index in [0.717, 1.165) is 11.3 Å². The maximum Gasteiger partial charge on any atom is 0.270 e. The molecule has 1 aliphatic heterocycles. The second-order valence-corrected chi connectivity index (χ2v) is 7.75. The molecule has 1 saturated heterocycles. The van der Waals surface area contributed by atoms with Gasteiger partial charge in [-0.1, -0.05) is 12.1 Å². The van der Waals surface area contributed by atoms with Crippen LogP contribution >= 0.6 is 27.7 Å². The molecule has 3 rings (SSSR count). The van der Waals surface area contributed by atoms with Crippen LogP contribution in [0.1, 0.15) is 5.56 Å². The lowest BCUT2D eigenvalue weighted by Crippen LogP contribution is -2.19. The fourth-order valence-corrected chi connectivity index (χ4v) is 3.60. The summed E-state index contributed by atoms with van der Waals surface area (Å²) in [7, 11) is 3.93. The van der Waals surface area contributed by atoms with Crippen molar-refractivity contribution in [3.63, 3.8) is 0 Å². The minimum Gasteiger partial charge on any atom is -0.378 e. The Morgan fingerprint density at radius 3 is 2.52 bits per heavy atom. The third-order valence-corrected chi connectivity index (χ3v) is 5.27. The van der Waals surface area contributed by atoms with Crippen LogP contribution in [0.4, 0.5) is 17.1 Å². The van der Waals surface area contributed by atoms with Crippen molar-refractivity contribution in [2.75, 3.05) is 19.0 Å². The Balaban J connectivity index is 1.80. The van der Waals surface area contributed by atoms with Crippen LogP contribution in [0.2, 0.25) is 0 Å². The third-order valence-electron chi connectivity index (χ3n) is 3.72. The zero-order valence-electron chi connectivity index (χ0n) is 14.5. The lowest BCUT2D eigenvalue weighted by atomic mass is 10.2. The SMILES string of the molecule is CN(C)c1ccc(/C=C2/SC(=Nc3ccc([N+](=O)[O-])cc3Br)NC2=O)cc1. The molecule has 7 nitrogen and oxygen atoms in total. The highest BCUT2D eigenvalue weighted by Crippen LogP contribution is 2.33. The van der Waals surface area contributed by atoms with Gasteiger partial charge in [0.15, 0.2) is 5.17 Å². The minimum absolute atomic E-state index is 0.0318. The van der Waals surface area contributed by atoms with E-state index in [0.29, 0.717) is 20.2 Å². The van der Waals surface area contributed by atoms with Crippen molar-refractivity contribution in [2.45, 2.75) is 0 Å². The molecular weight excluding hydrogens is 432 g/mol. The summed E-state index contributed by atoms with van der Waals surface area (Å²) in [5.74, 6) is -0.228. The summed E-state index contributed by atoms with van der Waals surface area (Å²) >= 11 is 4.50. The Morgan fingerprint density at radius 1 is 1.22 bits per heavy atom. The van der Waals surface area contributed by atoms with Crippen LogP contribution in [0.3, 0.4) is 0 Å². The maximum absolute atomic E-state index is 12.2. The number of hydrogen-bond donors (Lipinski definition) is 1. The summed E-state index contributed by atoms with van der Waals surface area (Å²) in [6.45, 7) is 0. The number of halogens is 1. The fraction of sp³-hybridized carbons (Fsp3) is 0.111. The number of hydrogen-bond acceptors (Lipinski definition) is 6. The lowest BCUT2D eigenvalue weighted by Gasteiger charge is -2.11. The molecule has 0 aromatic heterocycles. The van der Waals surface area contributed by atoms with E-state index >= 15 is 0 Å². The predicted octanol–water partition coefficient (Wildman–Crippen LogP) is 4.31. The summed E-state index contributed by atoms with van der Waals surface area (Å²) < 4.78 is 0.482. The van der Waals surface area contributed by atoms with Gasteiger partial charge in [-0.3, -0.25) is 14.9 Å². The van der Waals surface area contributed by atoms with E-state index in [2.05, 4.69) is 26.2 Å². The van der Waals surface area contributed by atoms with Crippen molar-refractivity contribution in [1.29, 1.82) is 0 Å². The number of benzene rings is 2. The summed E-state index contributed by atoms with van der Waals surface area (Å²) in [4.78, 5) is 29.4. The van der Waals surface area contributed by atoms with E-state index in [9.17, 15) is 14.9 Å². The number of carbonyl (C=O) groups is 1. The molecule has 0 saturated carbocycles. The van der Waals surface area contributed by atoms with Crippen LogP contribution in [0.15, 0.2) is 56.8 Å². The number of anilines is 1. The predicted molar refractivity (Wildman–Crippen MR) is 112 cm³/mol. The molecule has 0 spiro atoms. The van der Waals surface area contributed by atoms with Gasteiger partial charge in [-0.05, 0) is 57.5 Å². The first-order chi connectivity index (χ1) is 12.8. The van der Waals surface area contributed by atoms with Gasteiger partial charge in [0.1, 0.15) is 0 Å². The maximum atomic E-state index is 12.2.